The van der Waals surface area contributed by atoms with Crippen molar-refractivity contribution >= 4 is 40.1 Å². The van der Waals surface area contributed by atoms with Gasteiger partial charge in [-0.2, -0.15) is 0 Å². The molecule has 1 atom stereocenters. The molecule has 1 N–H and O–H groups in total. The average molecular weight is 539 g/mol. The Morgan fingerprint density at radius 2 is 1.77 bits per heavy atom. The molecule has 6 rings (SSSR count). The van der Waals surface area contributed by atoms with E-state index in [1.165, 1.54) is 12.1 Å². The van der Waals surface area contributed by atoms with Crippen LogP contribution < -0.4 is 14.8 Å². The van der Waals surface area contributed by atoms with Crippen LogP contribution in [0.2, 0.25) is 0 Å². The van der Waals surface area contributed by atoms with Gasteiger partial charge in [0.1, 0.15) is 19.0 Å². The molecule has 3 aromatic carbocycles. The van der Waals surface area contributed by atoms with Gasteiger partial charge in [0.25, 0.3) is 5.91 Å². The topological polar surface area (TPSA) is 86.8 Å². The molecule has 2 aliphatic rings. The minimum Gasteiger partial charge on any atom is -0.486 e. The zero-order chi connectivity index (χ0) is 27.6. The zero-order valence-electron chi connectivity index (χ0n) is 21.9. The molecule has 0 radical (unpaired) electrons. The molecule has 7 nitrogen and oxygen atoms in total. The number of ether oxygens (including phenoxy) is 3. The Morgan fingerprint density at radius 3 is 2.60 bits per heavy atom. The Bertz CT molecular complexity index is 1650. The highest BCUT2D eigenvalue weighted by atomic mass is 19.1. The normalized spacial score (nSPS) is 15.8. The van der Waals surface area contributed by atoms with Gasteiger partial charge in [-0.1, -0.05) is 30.3 Å². The summed E-state index contributed by atoms with van der Waals surface area (Å²) in [5, 5.41) is 3.46. The van der Waals surface area contributed by atoms with Crippen molar-refractivity contribution in [3.8, 4) is 11.5 Å². The Balaban J connectivity index is 1.29. The van der Waals surface area contributed by atoms with Gasteiger partial charge in [-0.05, 0) is 79.3 Å². The van der Waals surface area contributed by atoms with Crippen molar-refractivity contribution in [1.29, 1.82) is 0 Å². The predicted octanol–water partition coefficient (Wildman–Crippen LogP) is 6.21. The maximum Gasteiger partial charge on any atom is 0.339 e. The number of halogens is 1. The van der Waals surface area contributed by atoms with E-state index in [1.54, 1.807) is 37.3 Å². The van der Waals surface area contributed by atoms with Crippen LogP contribution >= 0.6 is 0 Å². The van der Waals surface area contributed by atoms with Gasteiger partial charge in [0, 0.05) is 17.1 Å². The Morgan fingerprint density at radius 1 is 1.00 bits per heavy atom. The molecule has 0 unspecified atom stereocenters. The van der Waals surface area contributed by atoms with Crippen molar-refractivity contribution in [2.24, 2.45) is 0 Å². The number of pyridine rings is 1. The molecular weight excluding hydrogens is 511 g/mol. The van der Waals surface area contributed by atoms with Crippen molar-refractivity contribution in [3.63, 3.8) is 0 Å². The van der Waals surface area contributed by atoms with E-state index in [0.717, 1.165) is 35.2 Å². The van der Waals surface area contributed by atoms with Crippen LogP contribution in [-0.4, -0.2) is 36.2 Å². The fourth-order valence-electron chi connectivity index (χ4n) is 5.11. The number of carbonyl (C=O) groups excluding carboxylic acids is 2. The number of fused-ring (bicyclic) bond motifs is 3. The number of anilines is 1. The third kappa shape index (κ3) is 5.12. The fourth-order valence-corrected chi connectivity index (χ4v) is 5.11. The van der Waals surface area contributed by atoms with Gasteiger partial charge in [-0.25, -0.2) is 14.2 Å². The lowest BCUT2D eigenvalue weighted by Gasteiger charge is -2.23. The summed E-state index contributed by atoms with van der Waals surface area (Å²) in [6.45, 7) is 2.45. The summed E-state index contributed by atoms with van der Waals surface area (Å²) in [6, 6.07) is 18.8. The maximum absolute atomic E-state index is 13.7. The maximum atomic E-state index is 13.7. The highest BCUT2D eigenvalue weighted by molar-refractivity contribution is 6.07. The number of esters is 1. The summed E-state index contributed by atoms with van der Waals surface area (Å²) in [6.07, 6.45) is 3.17. The second-order valence-corrected chi connectivity index (χ2v) is 9.80. The largest absolute Gasteiger partial charge is 0.486 e. The molecular formula is C32H27FN2O5. The fraction of sp³-hybridized carbons (Fsp3) is 0.219. The van der Waals surface area contributed by atoms with Crippen LogP contribution in [0.15, 0.2) is 66.7 Å². The molecule has 0 fully saturated rings. The lowest BCUT2D eigenvalue weighted by Crippen LogP contribution is -2.30. The number of rotatable bonds is 5. The van der Waals surface area contributed by atoms with Crippen LogP contribution in [0.25, 0.3) is 22.6 Å². The van der Waals surface area contributed by atoms with Gasteiger partial charge in [0.05, 0.1) is 16.8 Å². The first kappa shape index (κ1) is 25.6. The average Bonchev–Trinajstić information content (AvgIpc) is 2.97. The third-order valence-corrected chi connectivity index (χ3v) is 7.05. The first-order chi connectivity index (χ1) is 19.5. The summed E-state index contributed by atoms with van der Waals surface area (Å²) >= 11 is 0. The SMILES string of the molecule is C[C@H](OC(=O)c1c2c(nc3ccccc13)/C(=C/c1ccc(F)cc1)CCC2)C(=O)Nc1ccc2c(c1)OCCO2. The molecule has 40 heavy (non-hydrogen) atoms. The number of carbonyl (C=O) groups is 2. The van der Waals surface area contributed by atoms with E-state index >= 15 is 0 Å². The lowest BCUT2D eigenvalue weighted by atomic mass is 9.86. The zero-order valence-corrected chi connectivity index (χ0v) is 21.9. The highest BCUT2D eigenvalue weighted by Gasteiger charge is 2.28. The molecule has 0 saturated heterocycles. The standard InChI is InChI=1S/C32H27FN2O5/c1-19(31(36)34-23-13-14-27-28(18-23)39-16-15-38-27)40-32(37)29-24-6-2-3-8-26(24)35-30-21(5-4-7-25(29)30)17-20-9-11-22(33)12-10-20/h2-3,6,8-14,17-19H,4-5,7,15-16H2,1H3,(H,34,36)/b21-17+/t19-/m0/s1. The summed E-state index contributed by atoms with van der Waals surface area (Å²) in [4.78, 5) is 31.5. The number of hydrogen-bond acceptors (Lipinski definition) is 6. The van der Waals surface area contributed by atoms with E-state index in [0.29, 0.717) is 53.3 Å². The quantitative estimate of drug-likeness (QED) is 0.304. The van der Waals surface area contributed by atoms with Crippen molar-refractivity contribution in [3.05, 3.63) is 94.9 Å². The summed E-state index contributed by atoms with van der Waals surface area (Å²) < 4.78 is 30.3. The number of amides is 1. The van der Waals surface area contributed by atoms with Crippen LogP contribution in [0.1, 0.15) is 46.9 Å². The first-order valence-electron chi connectivity index (χ1n) is 13.3. The highest BCUT2D eigenvalue weighted by Crippen LogP contribution is 2.37. The van der Waals surface area contributed by atoms with Gasteiger partial charge in [0.2, 0.25) is 0 Å². The molecule has 4 aromatic rings. The molecule has 1 aliphatic carbocycles. The summed E-state index contributed by atoms with van der Waals surface area (Å²) in [5.74, 6) is -0.177. The van der Waals surface area contributed by atoms with Crippen molar-refractivity contribution in [2.45, 2.75) is 32.3 Å². The monoisotopic (exact) mass is 538 g/mol. The molecule has 1 aromatic heterocycles. The van der Waals surface area contributed by atoms with Crippen molar-refractivity contribution < 1.29 is 28.2 Å². The third-order valence-electron chi connectivity index (χ3n) is 7.05. The van der Waals surface area contributed by atoms with Crippen LogP contribution in [0.5, 0.6) is 11.5 Å². The van der Waals surface area contributed by atoms with Gasteiger partial charge in [0.15, 0.2) is 17.6 Å². The minimum absolute atomic E-state index is 0.299. The molecule has 0 bridgehead atoms. The number of para-hydroxylation sites is 1. The van der Waals surface area contributed by atoms with Crippen LogP contribution in [0.4, 0.5) is 10.1 Å². The van der Waals surface area contributed by atoms with E-state index in [1.807, 2.05) is 30.3 Å². The molecule has 1 amide bonds. The van der Waals surface area contributed by atoms with E-state index in [9.17, 15) is 14.0 Å². The Labute approximate surface area is 230 Å². The summed E-state index contributed by atoms with van der Waals surface area (Å²) in [5.41, 5.74) is 4.94. The predicted molar refractivity (Wildman–Crippen MR) is 150 cm³/mol. The second kappa shape index (κ2) is 10.8. The molecule has 8 heteroatoms. The minimum atomic E-state index is -1.05. The van der Waals surface area contributed by atoms with Crippen molar-refractivity contribution in [1.82, 2.24) is 4.98 Å². The Hall–Kier alpha value is -4.72. The first-order valence-corrected chi connectivity index (χ1v) is 13.3. The lowest BCUT2D eigenvalue weighted by molar-refractivity contribution is -0.123. The van der Waals surface area contributed by atoms with Gasteiger partial charge >= 0.3 is 5.97 Å². The number of nitrogens with one attached hydrogen (secondary N) is 1. The number of hydrogen-bond donors (Lipinski definition) is 1. The van der Waals surface area contributed by atoms with Gasteiger partial charge in [-0.3, -0.25) is 4.79 Å². The van der Waals surface area contributed by atoms with Crippen LogP contribution in [-0.2, 0) is 16.0 Å². The van der Waals surface area contributed by atoms with E-state index in [2.05, 4.69) is 5.32 Å². The van der Waals surface area contributed by atoms with Gasteiger partial charge < -0.3 is 19.5 Å². The van der Waals surface area contributed by atoms with Crippen LogP contribution in [0.3, 0.4) is 0 Å². The molecule has 2 heterocycles. The number of allylic oxidation sites excluding steroid dienone is 1. The Kier molecular flexibility index (Phi) is 6.90. The van der Waals surface area contributed by atoms with Crippen LogP contribution in [0, 0.1) is 5.82 Å². The number of aromatic nitrogens is 1. The summed E-state index contributed by atoms with van der Waals surface area (Å²) in [7, 11) is 0. The molecule has 1 aliphatic heterocycles. The van der Waals surface area contributed by atoms with E-state index < -0.39 is 18.0 Å². The number of nitrogens with zero attached hydrogens (tertiary/aromatic N) is 1. The van der Waals surface area contributed by atoms with Crippen molar-refractivity contribution in [2.75, 3.05) is 18.5 Å². The molecule has 0 spiro atoms. The molecule has 0 saturated carbocycles. The number of benzene rings is 3. The van der Waals surface area contributed by atoms with E-state index in [-0.39, 0.29) is 5.82 Å². The van der Waals surface area contributed by atoms with E-state index in [4.69, 9.17) is 19.2 Å². The van der Waals surface area contributed by atoms with Gasteiger partial charge in [-0.15, -0.1) is 0 Å². The second-order valence-electron chi connectivity index (χ2n) is 9.80. The smallest absolute Gasteiger partial charge is 0.339 e. The molecule has 202 valence electrons.